The summed E-state index contributed by atoms with van der Waals surface area (Å²) in [6, 6.07) is 14.5. The van der Waals surface area contributed by atoms with Crippen molar-refractivity contribution >= 4 is 11.8 Å². The minimum Gasteiger partial charge on any atom is -0.494 e. The van der Waals surface area contributed by atoms with E-state index < -0.39 is 0 Å². The van der Waals surface area contributed by atoms with E-state index in [2.05, 4.69) is 5.32 Å². The Bertz CT molecular complexity index is 841. The number of hydrogen-bond acceptors (Lipinski definition) is 4. The normalized spacial score (nSPS) is 14.2. The van der Waals surface area contributed by atoms with Gasteiger partial charge in [-0.3, -0.25) is 9.59 Å². The molecule has 31 heavy (non-hydrogen) atoms. The molecule has 2 aromatic carbocycles. The number of benzene rings is 2. The molecular weight excluding hydrogens is 394 g/mol. The Morgan fingerprint density at radius 3 is 1.90 bits per heavy atom. The van der Waals surface area contributed by atoms with Crippen molar-refractivity contribution in [3.63, 3.8) is 0 Å². The first kappa shape index (κ1) is 22.6. The number of carbonyl (C=O) groups is 2. The summed E-state index contributed by atoms with van der Waals surface area (Å²) in [6.07, 6.45) is 0. The van der Waals surface area contributed by atoms with E-state index in [9.17, 15) is 9.59 Å². The van der Waals surface area contributed by atoms with Gasteiger partial charge in [-0.15, -0.1) is 0 Å². The Morgan fingerprint density at radius 2 is 1.39 bits per heavy atom. The van der Waals surface area contributed by atoms with Crippen molar-refractivity contribution in [2.45, 2.75) is 13.8 Å². The first-order valence-electron chi connectivity index (χ1n) is 11.0. The second-order valence-corrected chi connectivity index (χ2v) is 7.46. The smallest absolute Gasteiger partial charge is 0.254 e. The van der Waals surface area contributed by atoms with Gasteiger partial charge in [-0.1, -0.05) is 0 Å². The van der Waals surface area contributed by atoms with Crippen molar-refractivity contribution in [3.8, 4) is 11.5 Å². The molecular formula is C24H32N3O4+. The van der Waals surface area contributed by atoms with Crippen molar-refractivity contribution in [1.82, 2.24) is 10.2 Å². The molecule has 0 aromatic heterocycles. The lowest BCUT2D eigenvalue weighted by molar-refractivity contribution is -0.902. The molecule has 0 bridgehead atoms. The van der Waals surface area contributed by atoms with Gasteiger partial charge < -0.3 is 24.6 Å². The predicted molar refractivity (Wildman–Crippen MR) is 119 cm³/mol. The Labute approximate surface area is 183 Å². The maximum Gasteiger partial charge on any atom is 0.254 e. The van der Waals surface area contributed by atoms with Crippen LogP contribution in [0.15, 0.2) is 48.5 Å². The molecule has 0 radical (unpaired) electrons. The van der Waals surface area contributed by atoms with Crippen LogP contribution < -0.4 is 19.7 Å². The highest BCUT2D eigenvalue weighted by molar-refractivity contribution is 5.94. The number of carbonyl (C=O) groups excluding carboxylic acids is 2. The average Bonchev–Trinajstić information content (AvgIpc) is 2.80. The summed E-state index contributed by atoms with van der Waals surface area (Å²) < 4.78 is 10.8. The third-order valence-corrected chi connectivity index (χ3v) is 5.36. The number of nitrogens with zero attached hydrogens (tertiary/aromatic N) is 1. The van der Waals surface area contributed by atoms with Gasteiger partial charge in [-0.25, -0.2) is 0 Å². The molecule has 0 aliphatic carbocycles. The fourth-order valence-electron chi connectivity index (χ4n) is 3.64. The summed E-state index contributed by atoms with van der Waals surface area (Å²) in [5, 5.41) is 2.98. The van der Waals surface area contributed by atoms with Crippen LogP contribution in [0.1, 0.15) is 34.6 Å². The first-order valence-corrected chi connectivity index (χ1v) is 11.0. The topological polar surface area (TPSA) is 72.3 Å². The molecule has 1 heterocycles. The van der Waals surface area contributed by atoms with Gasteiger partial charge in [-0.2, -0.15) is 0 Å². The number of hydrogen-bond donors (Lipinski definition) is 2. The molecule has 2 amide bonds. The first-order chi connectivity index (χ1) is 15.1. The predicted octanol–water partition coefficient (Wildman–Crippen LogP) is 1.25. The van der Waals surface area contributed by atoms with E-state index in [4.69, 9.17) is 9.47 Å². The Morgan fingerprint density at radius 1 is 0.871 bits per heavy atom. The van der Waals surface area contributed by atoms with Crippen LogP contribution in [0.3, 0.4) is 0 Å². The lowest BCUT2D eigenvalue weighted by atomic mass is 10.1. The van der Waals surface area contributed by atoms with Gasteiger partial charge >= 0.3 is 0 Å². The maximum absolute atomic E-state index is 12.7. The van der Waals surface area contributed by atoms with Crippen molar-refractivity contribution < 1.29 is 24.0 Å². The van der Waals surface area contributed by atoms with Gasteiger partial charge in [-0.05, 0) is 62.4 Å². The number of piperazine rings is 1. The molecule has 7 heteroatoms. The van der Waals surface area contributed by atoms with Crippen molar-refractivity contribution in [3.05, 3.63) is 59.7 Å². The molecule has 3 rings (SSSR count). The lowest BCUT2D eigenvalue weighted by Gasteiger charge is -2.32. The lowest BCUT2D eigenvalue weighted by Crippen LogP contribution is -3.15. The summed E-state index contributed by atoms with van der Waals surface area (Å²) in [5.74, 6) is 1.53. The van der Waals surface area contributed by atoms with E-state index in [1.54, 1.807) is 12.1 Å². The minimum absolute atomic E-state index is 0.0610. The molecule has 0 saturated carbocycles. The molecule has 0 unspecified atom stereocenters. The summed E-state index contributed by atoms with van der Waals surface area (Å²) in [4.78, 5) is 28.3. The average molecular weight is 427 g/mol. The number of ether oxygens (including phenoxy) is 2. The largest absolute Gasteiger partial charge is 0.494 e. The van der Waals surface area contributed by atoms with Crippen LogP contribution in [-0.2, 0) is 0 Å². The van der Waals surface area contributed by atoms with E-state index in [0.29, 0.717) is 44.0 Å². The van der Waals surface area contributed by atoms with E-state index in [0.717, 1.165) is 31.1 Å². The van der Waals surface area contributed by atoms with E-state index in [1.165, 1.54) is 4.90 Å². The molecule has 1 saturated heterocycles. The Balaban J connectivity index is 1.38. The quantitative estimate of drug-likeness (QED) is 0.633. The zero-order chi connectivity index (χ0) is 22.1. The van der Waals surface area contributed by atoms with Crippen LogP contribution in [0.25, 0.3) is 0 Å². The molecule has 1 fully saturated rings. The summed E-state index contributed by atoms with van der Waals surface area (Å²) in [7, 11) is 0. The third kappa shape index (κ3) is 6.46. The zero-order valence-electron chi connectivity index (χ0n) is 18.4. The molecule has 166 valence electrons. The van der Waals surface area contributed by atoms with Crippen LogP contribution in [-0.4, -0.2) is 69.2 Å². The van der Waals surface area contributed by atoms with Crippen LogP contribution in [0.2, 0.25) is 0 Å². The minimum atomic E-state index is -0.0771. The molecule has 2 N–H and O–H groups in total. The van der Waals surface area contributed by atoms with E-state index in [1.807, 2.05) is 55.1 Å². The molecule has 7 nitrogen and oxygen atoms in total. The standard InChI is InChI=1S/C24H31N3O4/c1-3-30-21-9-5-19(6-10-21)23(28)25-13-14-26-15-17-27(18-16-26)24(29)20-7-11-22(12-8-20)31-4-2/h5-12H,3-4,13-18H2,1-2H3,(H,25,28)/p+1. The van der Waals surface area contributed by atoms with Gasteiger partial charge in [0.15, 0.2) is 0 Å². The fraction of sp³-hybridized carbons (Fsp3) is 0.417. The number of rotatable bonds is 9. The molecule has 2 aromatic rings. The SMILES string of the molecule is CCOc1ccc(C(=O)NCC[NH+]2CCN(C(=O)c3ccc(OCC)cc3)CC2)cc1. The Kier molecular flexibility index (Phi) is 8.29. The summed E-state index contributed by atoms with van der Waals surface area (Å²) in [6.45, 7) is 9.71. The molecule has 1 aliphatic heterocycles. The second-order valence-electron chi connectivity index (χ2n) is 7.46. The molecule has 1 aliphatic rings. The van der Waals surface area contributed by atoms with E-state index in [-0.39, 0.29) is 11.8 Å². The van der Waals surface area contributed by atoms with Crippen LogP contribution in [0.5, 0.6) is 11.5 Å². The highest BCUT2D eigenvalue weighted by Crippen LogP contribution is 2.14. The van der Waals surface area contributed by atoms with Crippen molar-refractivity contribution in [1.29, 1.82) is 0 Å². The molecule has 0 spiro atoms. The second kappa shape index (κ2) is 11.4. The van der Waals surface area contributed by atoms with Crippen LogP contribution in [0, 0.1) is 0 Å². The Hall–Kier alpha value is -3.06. The van der Waals surface area contributed by atoms with Gasteiger partial charge in [0.2, 0.25) is 0 Å². The van der Waals surface area contributed by atoms with Crippen molar-refractivity contribution in [2.75, 3.05) is 52.5 Å². The number of nitrogens with one attached hydrogen (secondary N) is 2. The fourth-order valence-corrected chi connectivity index (χ4v) is 3.64. The highest BCUT2D eigenvalue weighted by Gasteiger charge is 2.24. The summed E-state index contributed by atoms with van der Waals surface area (Å²) >= 11 is 0. The highest BCUT2D eigenvalue weighted by atomic mass is 16.5. The maximum atomic E-state index is 12.7. The van der Waals surface area contributed by atoms with Crippen LogP contribution in [0.4, 0.5) is 0 Å². The van der Waals surface area contributed by atoms with Gasteiger partial charge in [0.1, 0.15) is 11.5 Å². The third-order valence-electron chi connectivity index (χ3n) is 5.36. The van der Waals surface area contributed by atoms with E-state index >= 15 is 0 Å². The van der Waals surface area contributed by atoms with Crippen LogP contribution >= 0.6 is 0 Å². The summed E-state index contributed by atoms with van der Waals surface area (Å²) in [5.41, 5.74) is 1.32. The van der Waals surface area contributed by atoms with Crippen molar-refractivity contribution in [2.24, 2.45) is 0 Å². The molecule has 0 atom stereocenters. The number of amides is 2. The number of quaternary nitrogens is 1. The zero-order valence-corrected chi connectivity index (χ0v) is 18.4. The monoisotopic (exact) mass is 426 g/mol. The van der Waals surface area contributed by atoms with Gasteiger partial charge in [0, 0.05) is 11.1 Å². The van der Waals surface area contributed by atoms with Gasteiger partial charge in [0.05, 0.1) is 52.5 Å². The van der Waals surface area contributed by atoms with Gasteiger partial charge in [0.25, 0.3) is 11.8 Å².